The zero-order valence-corrected chi connectivity index (χ0v) is 31.6. The number of anilines is 1. The molecule has 0 saturated carbocycles. The molecule has 0 spiro atoms. The van der Waals surface area contributed by atoms with Gasteiger partial charge in [-0.1, -0.05) is 29.4 Å². The van der Waals surface area contributed by atoms with Crippen molar-refractivity contribution in [1.29, 1.82) is 0 Å². The van der Waals surface area contributed by atoms with Gasteiger partial charge < -0.3 is 34.4 Å². The van der Waals surface area contributed by atoms with E-state index >= 15 is 0 Å². The van der Waals surface area contributed by atoms with Gasteiger partial charge in [-0.2, -0.15) is 0 Å². The summed E-state index contributed by atoms with van der Waals surface area (Å²) in [6.45, 7) is 17.8. The summed E-state index contributed by atoms with van der Waals surface area (Å²) in [7, 11) is 0. The molecule has 278 valence electrons. The van der Waals surface area contributed by atoms with E-state index in [1.807, 2.05) is 0 Å². The maximum absolute atomic E-state index is 13.7. The minimum atomic E-state index is -1.64. The SMILES string of the molecule is CC(C)(C)OC(=O)Nc1nc(/C(=N/OC(C)(C)C(=O)OC(C)(C)C)C(=O)N[C@H]2CN(/C(=C/c3ccc(CO)cc3)C(=O)OC(C)(C)C)C2=O)cs1. The van der Waals surface area contributed by atoms with Crippen molar-refractivity contribution in [3.8, 4) is 0 Å². The van der Waals surface area contributed by atoms with Crippen molar-refractivity contribution < 1.29 is 48.1 Å². The van der Waals surface area contributed by atoms with Gasteiger partial charge in [-0.05, 0) is 93.4 Å². The number of benzene rings is 1. The number of likely N-dealkylation sites (tertiary alicyclic amines) is 1. The van der Waals surface area contributed by atoms with E-state index in [4.69, 9.17) is 19.0 Å². The summed E-state index contributed by atoms with van der Waals surface area (Å²) in [6.07, 6.45) is 0.714. The lowest BCUT2D eigenvalue weighted by Gasteiger charge is -2.39. The number of nitrogens with zero attached hydrogens (tertiary/aromatic N) is 3. The Bertz CT molecular complexity index is 1690. The fourth-order valence-corrected chi connectivity index (χ4v) is 4.75. The van der Waals surface area contributed by atoms with E-state index in [0.29, 0.717) is 11.1 Å². The Kier molecular flexibility index (Phi) is 12.4. The highest BCUT2D eigenvalue weighted by Gasteiger charge is 2.44. The van der Waals surface area contributed by atoms with Gasteiger partial charge >= 0.3 is 18.0 Å². The molecule has 2 aromatic rings. The summed E-state index contributed by atoms with van der Waals surface area (Å²) in [5.74, 6) is -2.99. The van der Waals surface area contributed by atoms with Crippen molar-refractivity contribution in [3.05, 3.63) is 52.2 Å². The van der Waals surface area contributed by atoms with Gasteiger partial charge in [0, 0.05) is 5.38 Å². The molecule has 15 nitrogen and oxygen atoms in total. The zero-order chi connectivity index (χ0) is 38.5. The molecule has 1 aliphatic heterocycles. The number of esters is 2. The third-order valence-corrected chi connectivity index (χ3v) is 7.18. The van der Waals surface area contributed by atoms with Crippen LogP contribution in [0.3, 0.4) is 0 Å². The molecule has 1 fully saturated rings. The van der Waals surface area contributed by atoms with Gasteiger partial charge in [0.1, 0.15) is 34.2 Å². The van der Waals surface area contributed by atoms with E-state index < -0.39 is 64.0 Å². The topological polar surface area (TPSA) is 195 Å². The monoisotopic (exact) mass is 729 g/mol. The van der Waals surface area contributed by atoms with E-state index in [9.17, 15) is 29.1 Å². The average Bonchev–Trinajstić information content (AvgIpc) is 3.43. The molecule has 2 heterocycles. The summed E-state index contributed by atoms with van der Waals surface area (Å²) < 4.78 is 16.2. The molecule has 3 N–H and O–H groups in total. The Morgan fingerprint density at radius 3 is 2.06 bits per heavy atom. The van der Waals surface area contributed by atoms with E-state index in [1.165, 1.54) is 30.2 Å². The smallest absolute Gasteiger partial charge is 0.413 e. The lowest BCUT2D eigenvalue weighted by molar-refractivity contribution is -0.179. The molecule has 0 bridgehead atoms. The van der Waals surface area contributed by atoms with Crippen LogP contribution in [0.2, 0.25) is 0 Å². The molecule has 1 atom stereocenters. The third kappa shape index (κ3) is 12.2. The minimum Gasteiger partial charge on any atom is -0.457 e. The minimum absolute atomic E-state index is 0.0344. The van der Waals surface area contributed by atoms with Crippen LogP contribution in [0.1, 0.15) is 93.0 Å². The van der Waals surface area contributed by atoms with Gasteiger partial charge in [-0.3, -0.25) is 14.9 Å². The third-order valence-electron chi connectivity index (χ3n) is 6.42. The molecule has 1 aromatic heterocycles. The molecule has 0 aliphatic carbocycles. The van der Waals surface area contributed by atoms with Gasteiger partial charge in [0.15, 0.2) is 10.8 Å². The van der Waals surface area contributed by atoms with Crippen LogP contribution in [-0.4, -0.2) is 85.5 Å². The highest BCUT2D eigenvalue weighted by atomic mass is 32.1. The van der Waals surface area contributed by atoms with Crippen molar-refractivity contribution in [3.63, 3.8) is 0 Å². The number of β-lactam (4-membered cyclic amide) rings is 1. The van der Waals surface area contributed by atoms with Crippen LogP contribution in [0.25, 0.3) is 6.08 Å². The summed E-state index contributed by atoms with van der Waals surface area (Å²) in [6, 6.07) is 5.64. The van der Waals surface area contributed by atoms with Gasteiger partial charge in [-0.25, -0.2) is 19.4 Å². The van der Waals surface area contributed by atoms with Crippen LogP contribution in [0.4, 0.5) is 9.93 Å². The molecule has 1 aromatic carbocycles. The normalized spacial score (nSPS) is 15.8. The average molecular weight is 730 g/mol. The number of hydrogen-bond acceptors (Lipinski definition) is 13. The molecular weight excluding hydrogens is 682 g/mol. The number of ether oxygens (including phenoxy) is 3. The predicted molar refractivity (Wildman–Crippen MR) is 189 cm³/mol. The van der Waals surface area contributed by atoms with Gasteiger partial charge in [0.25, 0.3) is 11.8 Å². The number of thiazole rings is 1. The highest BCUT2D eigenvalue weighted by molar-refractivity contribution is 7.14. The summed E-state index contributed by atoms with van der Waals surface area (Å²) >= 11 is 0.972. The second-order valence-corrected chi connectivity index (χ2v) is 16.0. The number of oxime groups is 1. The Morgan fingerprint density at radius 2 is 1.53 bits per heavy atom. The van der Waals surface area contributed by atoms with Crippen molar-refractivity contribution in [1.82, 2.24) is 15.2 Å². The lowest BCUT2D eigenvalue weighted by Crippen LogP contribution is -2.64. The molecule has 0 radical (unpaired) electrons. The van der Waals surface area contributed by atoms with Crippen LogP contribution >= 0.6 is 11.3 Å². The Labute approximate surface area is 301 Å². The van der Waals surface area contributed by atoms with E-state index in [1.54, 1.807) is 86.6 Å². The molecule has 1 aliphatic rings. The fourth-order valence-electron chi connectivity index (χ4n) is 4.07. The first-order valence-electron chi connectivity index (χ1n) is 16.1. The van der Waals surface area contributed by atoms with Gasteiger partial charge in [-0.15, -0.1) is 11.3 Å². The number of hydrogen-bond donors (Lipinski definition) is 3. The van der Waals surface area contributed by atoms with Crippen LogP contribution in [0, 0.1) is 0 Å². The molecular formula is C35H47N5O10S. The maximum atomic E-state index is 13.7. The first-order chi connectivity index (χ1) is 23.4. The van der Waals surface area contributed by atoms with Crippen molar-refractivity contribution in [2.24, 2.45) is 5.16 Å². The largest absolute Gasteiger partial charge is 0.457 e. The first kappa shape index (κ1) is 40.6. The number of carbonyl (C=O) groups is 5. The zero-order valence-electron chi connectivity index (χ0n) is 30.8. The fraction of sp³-hybridized carbons (Fsp3) is 0.514. The molecule has 16 heteroatoms. The standard InChI is InChI=1S/C35H47N5O10S/c1-32(2,3)47-28(44)24(16-20-12-14-21(18-41)15-13-20)40-17-22(27(40)43)36-26(42)25(39-50-35(10,11)29(45)48-33(4,5)6)23-19-51-30(37-23)38-31(46)49-34(7,8)9/h12-16,19,22,41H,17-18H2,1-11H3,(H,36,42)(H,37,38,46)/b24-16+,39-25-/t22-/m0/s1. The Morgan fingerprint density at radius 1 is 0.941 bits per heavy atom. The Hall–Kier alpha value is -4.83. The Balaban J connectivity index is 1.89. The summed E-state index contributed by atoms with van der Waals surface area (Å²) in [4.78, 5) is 76.5. The number of amides is 3. The van der Waals surface area contributed by atoms with Crippen LogP contribution in [0.5, 0.6) is 0 Å². The predicted octanol–water partition coefficient (Wildman–Crippen LogP) is 4.53. The first-order valence-corrected chi connectivity index (χ1v) is 17.0. The van der Waals surface area contributed by atoms with Crippen molar-refractivity contribution in [2.45, 2.75) is 111 Å². The molecule has 51 heavy (non-hydrogen) atoms. The van der Waals surface area contributed by atoms with Gasteiger partial charge in [0.05, 0.1) is 13.2 Å². The van der Waals surface area contributed by atoms with Crippen molar-refractivity contribution >= 4 is 58.1 Å². The van der Waals surface area contributed by atoms with Crippen LogP contribution in [-0.2, 0) is 44.8 Å². The second-order valence-electron chi connectivity index (χ2n) is 15.1. The number of rotatable bonds is 11. The van der Waals surface area contributed by atoms with E-state index in [0.717, 1.165) is 11.3 Å². The highest BCUT2D eigenvalue weighted by Crippen LogP contribution is 2.25. The van der Waals surface area contributed by atoms with Gasteiger partial charge in [0.2, 0.25) is 5.60 Å². The van der Waals surface area contributed by atoms with Crippen LogP contribution < -0.4 is 10.6 Å². The number of aliphatic hydroxyl groups excluding tert-OH is 1. The second kappa shape index (κ2) is 15.6. The summed E-state index contributed by atoms with van der Waals surface area (Å²) in [5.41, 5.74) is -3.35. The lowest BCUT2D eigenvalue weighted by atomic mass is 10.0. The number of carbonyl (C=O) groups excluding carboxylic acids is 5. The number of aliphatic hydroxyl groups is 1. The van der Waals surface area contributed by atoms with E-state index in [-0.39, 0.29) is 29.7 Å². The van der Waals surface area contributed by atoms with Crippen LogP contribution in [0.15, 0.2) is 40.5 Å². The summed E-state index contributed by atoms with van der Waals surface area (Å²) in [5, 5.41) is 19.9. The molecule has 3 rings (SSSR count). The number of nitrogens with one attached hydrogen (secondary N) is 2. The maximum Gasteiger partial charge on any atom is 0.413 e. The molecule has 1 saturated heterocycles. The quantitative estimate of drug-likeness (QED) is 0.0734. The van der Waals surface area contributed by atoms with Crippen molar-refractivity contribution in [2.75, 3.05) is 11.9 Å². The molecule has 0 unspecified atom stereocenters. The number of aromatic nitrogens is 1. The molecule has 3 amide bonds. The van der Waals surface area contributed by atoms with E-state index in [2.05, 4.69) is 20.8 Å².